The van der Waals surface area contributed by atoms with Gasteiger partial charge in [-0.05, 0) is 25.1 Å². The molecule has 0 aliphatic rings. The van der Waals surface area contributed by atoms with Crippen molar-refractivity contribution in [3.05, 3.63) is 54.5 Å². The fourth-order valence-electron chi connectivity index (χ4n) is 2.31. The van der Waals surface area contributed by atoms with E-state index < -0.39 is 0 Å². The topological polar surface area (TPSA) is 84.9 Å². The molecule has 5 nitrogen and oxygen atoms in total. The number of phenolic OH excluding ortho intramolecular Hbond substituents is 1. The Hall–Kier alpha value is -2.95. The maximum absolute atomic E-state index is 9.69. The third kappa shape index (κ3) is 2.53. The van der Waals surface area contributed by atoms with Gasteiger partial charge in [0.25, 0.3) is 0 Å². The lowest BCUT2D eigenvalue weighted by molar-refractivity contribution is 0.475. The largest absolute Gasteiger partial charge is 0.508 e. The van der Waals surface area contributed by atoms with E-state index in [1.807, 2.05) is 25.1 Å². The van der Waals surface area contributed by atoms with Gasteiger partial charge in [-0.2, -0.15) is 0 Å². The first-order chi connectivity index (χ1) is 10.1. The monoisotopic (exact) mass is 278 g/mol. The van der Waals surface area contributed by atoms with Crippen LogP contribution in [0.3, 0.4) is 0 Å². The van der Waals surface area contributed by atoms with Gasteiger partial charge >= 0.3 is 0 Å². The van der Waals surface area contributed by atoms with Gasteiger partial charge < -0.3 is 10.8 Å². The van der Waals surface area contributed by atoms with Crippen LogP contribution in [0.1, 0.15) is 5.69 Å². The van der Waals surface area contributed by atoms with Crippen LogP contribution in [0.4, 0.5) is 5.95 Å². The summed E-state index contributed by atoms with van der Waals surface area (Å²) in [5.74, 6) is 0.387. The highest BCUT2D eigenvalue weighted by atomic mass is 16.3. The lowest BCUT2D eigenvalue weighted by atomic mass is 9.99. The Kier molecular flexibility index (Phi) is 3.23. The molecule has 0 saturated carbocycles. The van der Waals surface area contributed by atoms with E-state index in [1.165, 1.54) is 0 Å². The molecule has 3 rings (SSSR count). The Labute approximate surface area is 122 Å². The summed E-state index contributed by atoms with van der Waals surface area (Å²) in [6.45, 7) is 1.88. The zero-order chi connectivity index (χ0) is 14.8. The number of anilines is 1. The van der Waals surface area contributed by atoms with Crippen LogP contribution in [-0.4, -0.2) is 20.1 Å². The van der Waals surface area contributed by atoms with Gasteiger partial charge in [0.1, 0.15) is 5.75 Å². The van der Waals surface area contributed by atoms with Gasteiger partial charge in [0.2, 0.25) is 5.95 Å². The maximum atomic E-state index is 9.69. The molecule has 3 aromatic rings. The summed E-state index contributed by atoms with van der Waals surface area (Å²) in [4.78, 5) is 12.7. The Morgan fingerprint density at radius 3 is 2.57 bits per heavy atom. The number of nitrogens with two attached hydrogens (primary N) is 1. The van der Waals surface area contributed by atoms with E-state index in [1.54, 1.807) is 30.6 Å². The molecule has 0 atom stereocenters. The number of aromatic nitrogens is 3. The van der Waals surface area contributed by atoms with E-state index >= 15 is 0 Å². The Bertz CT molecular complexity index is 788. The summed E-state index contributed by atoms with van der Waals surface area (Å²) in [6.07, 6.45) is 3.47. The van der Waals surface area contributed by atoms with Crippen LogP contribution in [0.2, 0.25) is 0 Å². The van der Waals surface area contributed by atoms with Gasteiger partial charge in [0.15, 0.2) is 0 Å². The molecule has 0 unspecified atom stereocenters. The second-order valence-electron chi connectivity index (χ2n) is 4.68. The van der Waals surface area contributed by atoms with Crippen molar-refractivity contribution in [2.45, 2.75) is 6.92 Å². The number of aryl methyl sites for hydroxylation is 1. The lowest BCUT2D eigenvalue weighted by Gasteiger charge is -2.12. The number of pyridine rings is 1. The summed E-state index contributed by atoms with van der Waals surface area (Å²) < 4.78 is 0. The standard InChI is InChI=1S/C16H14N4O/c1-10-14(12-5-3-7-18-9-12)15(20-16(17)19-10)11-4-2-6-13(21)8-11/h2-9,21H,1H3,(H2,17,19,20). The van der Waals surface area contributed by atoms with E-state index in [4.69, 9.17) is 5.73 Å². The van der Waals surface area contributed by atoms with E-state index in [9.17, 15) is 5.11 Å². The molecule has 1 aromatic carbocycles. The molecule has 0 spiro atoms. The predicted octanol–water partition coefficient (Wildman–Crippen LogP) is 2.80. The quantitative estimate of drug-likeness (QED) is 0.753. The van der Waals surface area contributed by atoms with Gasteiger partial charge in [-0.3, -0.25) is 4.98 Å². The highest BCUT2D eigenvalue weighted by Crippen LogP contribution is 2.33. The Morgan fingerprint density at radius 2 is 1.86 bits per heavy atom. The molecule has 21 heavy (non-hydrogen) atoms. The number of hydrogen-bond donors (Lipinski definition) is 2. The minimum atomic E-state index is 0.180. The Morgan fingerprint density at radius 1 is 1.05 bits per heavy atom. The smallest absolute Gasteiger partial charge is 0.220 e. The second kappa shape index (κ2) is 5.20. The van der Waals surface area contributed by atoms with Crippen molar-refractivity contribution in [3.8, 4) is 28.1 Å². The summed E-state index contributed by atoms with van der Waals surface area (Å²) in [5, 5.41) is 9.69. The first kappa shape index (κ1) is 13.1. The molecule has 0 aliphatic heterocycles. The third-order valence-corrected chi connectivity index (χ3v) is 3.18. The molecule has 0 radical (unpaired) electrons. The second-order valence-corrected chi connectivity index (χ2v) is 4.68. The van der Waals surface area contributed by atoms with Crippen molar-refractivity contribution in [2.75, 3.05) is 5.73 Å². The van der Waals surface area contributed by atoms with Crippen LogP contribution in [0.15, 0.2) is 48.8 Å². The molecular weight excluding hydrogens is 264 g/mol. The van der Waals surface area contributed by atoms with E-state index in [0.717, 1.165) is 22.4 Å². The summed E-state index contributed by atoms with van der Waals surface area (Å²) in [7, 11) is 0. The minimum Gasteiger partial charge on any atom is -0.508 e. The number of phenols is 1. The predicted molar refractivity (Wildman–Crippen MR) is 81.5 cm³/mol. The number of hydrogen-bond acceptors (Lipinski definition) is 5. The van der Waals surface area contributed by atoms with Crippen molar-refractivity contribution in [3.63, 3.8) is 0 Å². The van der Waals surface area contributed by atoms with Crippen molar-refractivity contribution in [1.82, 2.24) is 15.0 Å². The first-order valence-electron chi connectivity index (χ1n) is 6.49. The molecule has 0 saturated heterocycles. The molecular formula is C16H14N4O. The zero-order valence-electron chi connectivity index (χ0n) is 11.5. The summed E-state index contributed by atoms with van der Waals surface area (Å²) in [5.41, 5.74) is 9.80. The highest BCUT2D eigenvalue weighted by molar-refractivity contribution is 5.82. The fourth-order valence-corrected chi connectivity index (χ4v) is 2.31. The van der Waals surface area contributed by atoms with Crippen molar-refractivity contribution >= 4 is 5.95 Å². The third-order valence-electron chi connectivity index (χ3n) is 3.18. The van der Waals surface area contributed by atoms with Crippen LogP contribution in [0.25, 0.3) is 22.4 Å². The average molecular weight is 278 g/mol. The Balaban J connectivity index is 2.29. The number of nitrogen functional groups attached to an aromatic ring is 1. The summed E-state index contributed by atoms with van der Waals surface area (Å²) >= 11 is 0. The van der Waals surface area contributed by atoms with Crippen molar-refractivity contribution in [1.29, 1.82) is 0 Å². The van der Waals surface area contributed by atoms with Gasteiger partial charge in [-0.15, -0.1) is 0 Å². The molecule has 0 aliphatic carbocycles. The number of aromatic hydroxyl groups is 1. The molecule has 0 fully saturated rings. The number of benzene rings is 1. The molecule has 3 N–H and O–H groups in total. The molecule has 2 aromatic heterocycles. The van der Waals surface area contributed by atoms with E-state index in [0.29, 0.717) is 5.69 Å². The van der Waals surface area contributed by atoms with Crippen molar-refractivity contribution in [2.24, 2.45) is 0 Å². The molecule has 104 valence electrons. The van der Waals surface area contributed by atoms with Gasteiger partial charge in [0, 0.05) is 29.1 Å². The van der Waals surface area contributed by atoms with Gasteiger partial charge in [0.05, 0.1) is 11.4 Å². The minimum absolute atomic E-state index is 0.180. The van der Waals surface area contributed by atoms with Crippen LogP contribution in [-0.2, 0) is 0 Å². The van der Waals surface area contributed by atoms with Gasteiger partial charge in [-0.1, -0.05) is 18.2 Å². The maximum Gasteiger partial charge on any atom is 0.220 e. The van der Waals surface area contributed by atoms with Crippen LogP contribution in [0, 0.1) is 6.92 Å². The molecule has 2 heterocycles. The normalized spacial score (nSPS) is 10.5. The molecule has 5 heteroatoms. The first-order valence-corrected chi connectivity index (χ1v) is 6.49. The van der Waals surface area contributed by atoms with Crippen LogP contribution >= 0.6 is 0 Å². The van der Waals surface area contributed by atoms with Crippen LogP contribution < -0.4 is 5.73 Å². The lowest BCUT2D eigenvalue weighted by Crippen LogP contribution is -2.02. The SMILES string of the molecule is Cc1nc(N)nc(-c2cccc(O)c2)c1-c1cccnc1. The number of nitrogens with zero attached hydrogens (tertiary/aromatic N) is 3. The van der Waals surface area contributed by atoms with E-state index in [-0.39, 0.29) is 11.7 Å². The average Bonchev–Trinajstić information content (AvgIpc) is 2.47. The molecule has 0 amide bonds. The van der Waals surface area contributed by atoms with Gasteiger partial charge in [-0.25, -0.2) is 9.97 Å². The van der Waals surface area contributed by atoms with Crippen LogP contribution in [0.5, 0.6) is 5.75 Å². The summed E-state index contributed by atoms with van der Waals surface area (Å²) in [6, 6.07) is 10.7. The zero-order valence-corrected chi connectivity index (χ0v) is 11.5. The fraction of sp³-hybridized carbons (Fsp3) is 0.0625. The highest BCUT2D eigenvalue weighted by Gasteiger charge is 2.15. The van der Waals surface area contributed by atoms with E-state index in [2.05, 4.69) is 15.0 Å². The number of rotatable bonds is 2. The molecule has 0 bridgehead atoms. The van der Waals surface area contributed by atoms with Crippen molar-refractivity contribution < 1.29 is 5.11 Å².